The molecular weight excluding hydrogens is 374 g/mol. The van der Waals surface area contributed by atoms with E-state index in [9.17, 15) is 9.59 Å². The summed E-state index contributed by atoms with van der Waals surface area (Å²) in [4.78, 5) is 25.4. The minimum absolute atomic E-state index is 0.252. The van der Waals surface area contributed by atoms with Crippen LogP contribution in [0.4, 0.5) is 5.00 Å². The quantitative estimate of drug-likeness (QED) is 0.586. The Balaban J connectivity index is 2.00. The summed E-state index contributed by atoms with van der Waals surface area (Å²) < 4.78 is 10.5. The highest BCUT2D eigenvalue weighted by Gasteiger charge is 2.23. The molecule has 1 aromatic heterocycles. The number of carbonyl (C=O) groups is 2. The number of esters is 1. The molecule has 1 heterocycles. The fourth-order valence-corrected chi connectivity index (χ4v) is 3.76. The second-order valence-corrected chi connectivity index (χ2v) is 6.97. The molecule has 2 aromatic carbocycles. The van der Waals surface area contributed by atoms with Crippen LogP contribution in [0.15, 0.2) is 53.9 Å². The molecule has 0 atom stereocenters. The Morgan fingerprint density at radius 3 is 2.46 bits per heavy atom. The smallest absolute Gasteiger partial charge is 0.341 e. The van der Waals surface area contributed by atoms with Crippen molar-refractivity contribution >= 4 is 28.2 Å². The van der Waals surface area contributed by atoms with Gasteiger partial charge in [0.1, 0.15) is 16.3 Å². The first-order valence-electron chi connectivity index (χ1n) is 8.85. The van der Waals surface area contributed by atoms with Gasteiger partial charge < -0.3 is 14.8 Å². The highest BCUT2D eigenvalue weighted by Crippen LogP contribution is 2.37. The first-order valence-corrected chi connectivity index (χ1v) is 9.73. The normalized spacial score (nSPS) is 10.4. The average molecular weight is 395 g/mol. The molecule has 0 aliphatic rings. The zero-order chi connectivity index (χ0) is 20.1. The molecule has 0 saturated heterocycles. The maximum Gasteiger partial charge on any atom is 0.341 e. The maximum atomic E-state index is 12.8. The van der Waals surface area contributed by atoms with Crippen molar-refractivity contribution < 1.29 is 19.1 Å². The molecule has 3 rings (SSSR count). The number of thiophene rings is 1. The van der Waals surface area contributed by atoms with Crippen molar-refractivity contribution in [1.29, 1.82) is 0 Å². The summed E-state index contributed by atoms with van der Waals surface area (Å²) in [6.45, 7) is 4.01. The number of aryl methyl sites for hydroxylation is 1. The van der Waals surface area contributed by atoms with Crippen LogP contribution in [0.3, 0.4) is 0 Å². The van der Waals surface area contributed by atoms with E-state index in [-0.39, 0.29) is 12.5 Å². The summed E-state index contributed by atoms with van der Waals surface area (Å²) in [5, 5.41) is 5.15. The molecule has 0 bridgehead atoms. The number of carbonyl (C=O) groups excluding carboxylic acids is 2. The number of nitrogens with one attached hydrogen (secondary N) is 1. The number of methoxy groups -OCH3 is 1. The Kier molecular flexibility index (Phi) is 6.11. The Morgan fingerprint density at radius 1 is 1.07 bits per heavy atom. The standard InChI is InChI=1S/C22H21NO4S/c1-4-27-22(25)19-17(15-11-9-14(2)10-12-15)13-28-21(19)23-20(24)16-7-5-6-8-18(16)26-3/h5-13H,4H2,1-3H3,(H,23,24). The van der Waals surface area contributed by atoms with E-state index in [1.165, 1.54) is 18.4 Å². The number of rotatable bonds is 6. The number of para-hydroxylation sites is 1. The lowest BCUT2D eigenvalue weighted by Gasteiger charge is -2.10. The zero-order valence-corrected chi connectivity index (χ0v) is 16.8. The topological polar surface area (TPSA) is 64.6 Å². The first kappa shape index (κ1) is 19.6. The predicted molar refractivity (Wildman–Crippen MR) is 111 cm³/mol. The van der Waals surface area contributed by atoms with Gasteiger partial charge in [0, 0.05) is 10.9 Å². The summed E-state index contributed by atoms with van der Waals surface area (Å²) in [5.41, 5.74) is 3.51. The number of anilines is 1. The largest absolute Gasteiger partial charge is 0.496 e. The molecule has 144 valence electrons. The van der Waals surface area contributed by atoms with Crippen molar-refractivity contribution in [1.82, 2.24) is 0 Å². The van der Waals surface area contributed by atoms with Gasteiger partial charge in [0.25, 0.3) is 5.91 Å². The van der Waals surface area contributed by atoms with Crippen LogP contribution in [-0.2, 0) is 4.74 Å². The van der Waals surface area contributed by atoms with Crippen molar-refractivity contribution in [2.75, 3.05) is 19.0 Å². The van der Waals surface area contributed by atoms with Crippen molar-refractivity contribution in [3.05, 3.63) is 70.6 Å². The molecule has 3 aromatic rings. The van der Waals surface area contributed by atoms with Gasteiger partial charge in [-0.25, -0.2) is 4.79 Å². The van der Waals surface area contributed by atoms with Gasteiger partial charge in [-0.05, 0) is 31.5 Å². The van der Waals surface area contributed by atoms with Gasteiger partial charge in [0.15, 0.2) is 0 Å². The minimum Gasteiger partial charge on any atom is -0.496 e. The summed E-state index contributed by atoms with van der Waals surface area (Å²) in [6, 6.07) is 14.8. The Bertz CT molecular complexity index is 992. The van der Waals surface area contributed by atoms with Crippen LogP contribution in [0, 0.1) is 6.92 Å². The summed E-state index contributed by atoms with van der Waals surface area (Å²) in [5.74, 6) is -0.344. The van der Waals surface area contributed by atoms with E-state index in [1.54, 1.807) is 31.2 Å². The lowest BCUT2D eigenvalue weighted by molar-refractivity contribution is 0.0529. The Hall–Kier alpha value is -3.12. The highest BCUT2D eigenvalue weighted by molar-refractivity contribution is 7.15. The molecule has 1 N–H and O–H groups in total. The Labute approximate surface area is 167 Å². The van der Waals surface area contributed by atoms with Crippen LogP contribution in [0.25, 0.3) is 11.1 Å². The molecule has 5 nitrogen and oxygen atoms in total. The minimum atomic E-state index is -0.463. The van der Waals surface area contributed by atoms with Crippen LogP contribution < -0.4 is 10.1 Å². The Morgan fingerprint density at radius 2 is 1.79 bits per heavy atom. The van der Waals surface area contributed by atoms with Crippen LogP contribution >= 0.6 is 11.3 Å². The van der Waals surface area contributed by atoms with Gasteiger partial charge in [-0.15, -0.1) is 11.3 Å². The summed E-state index contributed by atoms with van der Waals surface area (Å²) in [7, 11) is 1.51. The fraction of sp³-hybridized carbons (Fsp3) is 0.182. The second kappa shape index (κ2) is 8.71. The summed E-state index contributed by atoms with van der Waals surface area (Å²) in [6.07, 6.45) is 0. The van der Waals surface area contributed by atoms with E-state index in [4.69, 9.17) is 9.47 Å². The van der Waals surface area contributed by atoms with Gasteiger partial charge in [0.2, 0.25) is 0 Å². The van der Waals surface area contributed by atoms with Crippen molar-refractivity contribution in [2.24, 2.45) is 0 Å². The molecule has 0 fully saturated rings. The number of hydrogen-bond acceptors (Lipinski definition) is 5. The molecule has 0 radical (unpaired) electrons. The van der Waals surface area contributed by atoms with Crippen LogP contribution in [0.1, 0.15) is 33.2 Å². The summed E-state index contributed by atoms with van der Waals surface area (Å²) >= 11 is 1.29. The molecule has 0 unspecified atom stereocenters. The van der Waals surface area contributed by atoms with Gasteiger partial charge in [-0.2, -0.15) is 0 Å². The van der Waals surface area contributed by atoms with Gasteiger partial charge in [0.05, 0.1) is 19.3 Å². The van der Waals surface area contributed by atoms with Crippen LogP contribution in [0.5, 0.6) is 5.75 Å². The van der Waals surface area contributed by atoms with E-state index in [0.29, 0.717) is 21.9 Å². The van der Waals surface area contributed by atoms with E-state index in [0.717, 1.165) is 16.7 Å². The molecule has 28 heavy (non-hydrogen) atoms. The lowest BCUT2D eigenvalue weighted by atomic mass is 10.0. The van der Waals surface area contributed by atoms with E-state index in [2.05, 4.69) is 5.32 Å². The number of benzene rings is 2. The van der Waals surface area contributed by atoms with Crippen molar-refractivity contribution in [2.45, 2.75) is 13.8 Å². The van der Waals surface area contributed by atoms with E-state index >= 15 is 0 Å². The number of amides is 1. The molecule has 0 aliphatic heterocycles. The van der Waals surface area contributed by atoms with Crippen molar-refractivity contribution in [3.63, 3.8) is 0 Å². The van der Waals surface area contributed by atoms with E-state index in [1.807, 2.05) is 36.6 Å². The molecule has 0 aliphatic carbocycles. The number of ether oxygens (including phenoxy) is 2. The molecule has 1 amide bonds. The lowest BCUT2D eigenvalue weighted by Crippen LogP contribution is -2.15. The average Bonchev–Trinajstić information content (AvgIpc) is 3.12. The number of hydrogen-bond donors (Lipinski definition) is 1. The third-order valence-electron chi connectivity index (χ3n) is 4.21. The predicted octanol–water partition coefficient (Wildman–Crippen LogP) is 5.16. The highest BCUT2D eigenvalue weighted by atomic mass is 32.1. The van der Waals surface area contributed by atoms with Crippen LogP contribution in [0.2, 0.25) is 0 Å². The first-order chi connectivity index (χ1) is 13.5. The second-order valence-electron chi connectivity index (χ2n) is 6.09. The van der Waals surface area contributed by atoms with Crippen molar-refractivity contribution in [3.8, 4) is 16.9 Å². The fourth-order valence-electron chi connectivity index (χ4n) is 2.80. The third-order valence-corrected chi connectivity index (χ3v) is 5.11. The van der Waals surface area contributed by atoms with Gasteiger partial charge in [-0.3, -0.25) is 4.79 Å². The monoisotopic (exact) mass is 395 g/mol. The zero-order valence-electron chi connectivity index (χ0n) is 15.9. The van der Waals surface area contributed by atoms with E-state index < -0.39 is 5.97 Å². The maximum absolute atomic E-state index is 12.8. The van der Waals surface area contributed by atoms with Gasteiger partial charge in [-0.1, -0.05) is 42.0 Å². The molecule has 0 saturated carbocycles. The molecule has 0 spiro atoms. The molecule has 6 heteroatoms. The molecular formula is C22H21NO4S. The van der Waals surface area contributed by atoms with Gasteiger partial charge >= 0.3 is 5.97 Å². The van der Waals surface area contributed by atoms with Crippen LogP contribution in [-0.4, -0.2) is 25.6 Å². The SMILES string of the molecule is CCOC(=O)c1c(-c2ccc(C)cc2)csc1NC(=O)c1ccccc1OC. The third kappa shape index (κ3) is 4.07.